The Bertz CT molecular complexity index is 1670. The number of piperazine rings is 1. The first kappa shape index (κ1) is 25.1. The number of carbonyl (C=O) groups is 1. The van der Waals surface area contributed by atoms with E-state index in [4.69, 9.17) is 11.6 Å². The number of phenols is 1. The lowest BCUT2D eigenvalue weighted by molar-refractivity contribution is -0.126. The summed E-state index contributed by atoms with van der Waals surface area (Å²) in [6.45, 7) is 5.36. The molecule has 2 aromatic carbocycles. The maximum absolute atomic E-state index is 14.9. The maximum atomic E-state index is 14.9. The molecule has 1 saturated carbocycles. The number of phenolic OH excluding ortho intramolecular Hbond substituents is 1. The summed E-state index contributed by atoms with van der Waals surface area (Å²) in [4.78, 5) is 38.2. The summed E-state index contributed by atoms with van der Waals surface area (Å²) in [5.41, 5.74) is 1.76. The van der Waals surface area contributed by atoms with Crippen LogP contribution in [0.1, 0.15) is 24.3 Å². The number of benzene rings is 2. The van der Waals surface area contributed by atoms with Crippen molar-refractivity contribution in [3.05, 3.63) is 88.3 Å². The zero-order valence-corrected chi connectivity index (χ0v) is 21.7. The van der Waals surface area contributed by atoms with Crippen LogP contribution in [0.25, 0.3) is 27.7 Å². The van der Waals surface area contributed by atoms with Gasteiger partial charge in [-0.05, 0) is 60.7 Å². The second kappa shape index (κ2) is 9.81. The molecule has 8 nitrogen and oxygen atoms in total. The number of fused-ring (bicyclic) bond motifs is 1. The topological polar surface area (TPSA) is 91.6 Å². The van der Waals surface area contributed by atoms with Crippen molar-refractivity contribution in [3.8, 4) is 22.6 Å². The van der Waals surface area contributed by atoms with Gasteiger partial charge in [0, 0.05) is 48.3 Å². The minimum atomic E-state index is -0.637. The summed E-state index contributed by atoms with van der Waals surface area (Å²) < 4.78 is 16.4. The van der Waals surface area contributed by atoms with Crippen molar-refractivity contribution >= 4 is 34.2 Å². The molecule has 10 heteroatoms. The van der Waals surface area contributed by atoms with Crippen LogP contribution < -0.4 is 10.6 Å². The zero-order valence-electron chi connectivity index (χ0n) is 21.0. The lowest BCUT2D eigenvalue weighted by atomic mass is 10.0. The third-order valence-electron chi connectivity index (χ3n) is 7.38. The standard InChI is InChI=1S/C29H25ClFN5O3/c1-2-26(38)34-10-12-35(13-11-34)28-20-14-21(30)19(27-22(31)4-3-5-25(27)37)15-23(20)36(29(39)33-28)24-16-32-9-8-18(24)17-6-7-17/h2-5,8-9,14-17,37H,1,6-7,10-13H2. The van der Waals surface area contributed by atoms with E-state index in [0.717, 1.165) is 18.4 Å². The van der Waals surface area contributed by atoms with Gasteiger partial charge in [-0.15, -0.1) is 0 Å². The number of carbonyl (C=O) groups excluding carboxylic acids is 1. The highest BCUT2D eigenvalue weighted by Crippen LogP contribution is 2.44. The van der Waals surface area contributed by atoms with Gasteiger partial charge in [0.2, 0.25) is 5.91 Å². The molecule has 0 bridgehead atoms. The Kier molecular flexibility index (Phi) is 6.31. The minimum Gasteiger partial charge on any atom is -0.507 e. The molecule has 0 unspecified atom stereocenters. The van der Waals surface area contributed by atoms with Crippen molar-refractivity contribution < 1.29 is 14.3 Å². The van der Waals surface area contributed by atoms with Gasteiger partial charge in [0.25, 0.3) is 0 Å². The number of nitrogens with zero attached hydrogens (tertiary/aromatic N) is 5. The molecule has 0 spiro atoms. The molecule has 4 aromatic rings. The fourth-order valence-electron chi connectivity index (χ4n) is 5.27. The Hall–Kier alpha value is -4.24. The summed E-state index contributed by atoms with van der Waals surface area (Å²) in [6.07, 6.45) is 6.67. The number of aromatic nitrogens is 3. The third kappa shape index (κ3) is 4.42. The highest BCUT2D eigenvalue weighted by atomic mass is 35.5. The van der Waals surface area contributed by atoms with Crippen molar-refractivity contribution in [1.82, 2.24) is 19.4 Å². The van der Waals surface area contributed by atoms with Gasteiger partial charge in [0.15, 0.2) is 0 Å². The normalized spacial score (nSPS) is 15.5. The molecule has 198 valence electrons. The summed E-state index contributed by atoms with van der Waals surface area (Å²) >= 11 is 6.72. The van der Waals surface area contributed by atoms with E-state index in [1.165, 1.54) is 28.8 Å². The van der Waals surface area contributed by atoms with E-state index in [-0.39, 0.29) is 27.8 Å². The van der Waals surface area contributed by atoms with E-state index in [1.54, 1.807) is 29.4 Å². The monoisotopic (exact) mass is 545 g/mol. The highest BCUT2D eigenvalue weighted by Gasteiger charge is 2.29. The lowest BCUT2D eigenvalue weighted by Crippen LogP contribution is -2.49. The van der Waals surface area contributed by atoms with Crippen LogP contribution in [0, 0.1) is 5.82 Å². The number of pyridine rings is 1. The van der Waals surface area contributed by atoms with E-state index in [2.05, 4.69) is 16.5 Å². The number of halogens is 2. The van der Waals surface area contributed by atoms with Crippen LogP contribution in [-0.4, -0.2) is 56.6 Å². The molecule has 6 rings (SSSR count). The largest absolute Gasteiger partial charge is 0.507 e. The summed E-state index contributed by atoms with van der Waals surface area (Å²) in [5, 5.41) is 11.3. The number of rotatable bonds is 5. The lowest BCUT2D eigenvalue weighted by Gasteiger charge is -2.35. The van der Waals surface area contributed by atoms with Gasteiger partial charge < -0.3 is 14.9 Å². The Morgan fingerprint density at radius 2 is 1.92 bits per heavy atom. The van der Waals surface area contributed by atoms with Crippen molar-refractivity contribution in [2.75, 3.05) is 31.1 Å². The number of aromatic hydroxyl groups is 1. The number of hydrogen-bond donors (Lipinski definition) is 1. The molecule has 1 aliphatic carbocycles. The molecule has 2 aromatic heterocycles. The fraction of sp³-hybridized carbons (Fsp3) is 0.241. The SMILES string of the molecule is C=CC(=O)N1CCN(c2nc(=O)n(-c3cnccc3C3CC3)c3cc(-c4c(O)cccc4F)c(Cl)cc23)CC1. The first-order chi connectivity index (χ1) is 18.9. The van der Waals surface area contributed by atoms with Gasteiger partial charge in [0.1, 0.15) is 17.4 Å². The van der Waals surface area contributed by atoms with Crippen LogP contribution in [0.5, 0.6) is 5.75 Å². The molecule has 1 saturated heterocycles. The summed E-state index contributed by atoms with van der Waals surface area (Å²) in [7, 11) is 0. The first-order valence-electron chi connectivity index (χ1n) is 12.7. The molecule has 2 fully saturated rings. The maximum Gasteiger partial charge on any atom is 0.354 e. The summed E-state index contributed by atoms with van der Waals surface area (Å²) in [5.74, 6) is -0.295. The average molecular weight is 546 g/mol. The van der Waals surface area contributed by atoms with Gasteiger partial charge in [0.05, 0.1) is 23.0 Å². The Morgan fingerprint density at radius 1 is 1.15 bits per heavy atom. The van der Waals surface area contributed by atoms with Crippen LogP contribution in [0.3, 0.4) is 0 Å². The van der Waals surface area contributed by atoms with E-state index < -0.39 is 11.5 Å². The van der Waals surface area contributed by atoms with Gasteiger partial charge >= 0.3 is 5.69 Å². The molecule has 3 heterocycles. The van der Waals surface area contributed by atoms with E-state index in [9.17, 15) is 19.1 Å². The first-order valence-corrected chi connectivity index (χ1v) is 13.1. The second-order valence-corrected chi connectivity index (χ2v) is 10.2. The van der Waals surface area contributed by atoms with Crippen molar-refractivity contribution in [2.45, 2.75) is 18.8 Å². The molecule has 1 amide bonds. The fourth-order valence-corrected chi connectivity index (χ4v) is 5.52. The van der Waals surface area contributed by atoms with Crippen LogP contribution in [0.2, 0.25) is 5.02 Å². The number of anilines is 1. The van der Waals surface area contributed by atoms with Crippen molar-refractivity contribution in [3.63, 3.8) is 0 Å². The Labute approximate surface area is 228 Å². The van der Waals surface area contributed by atoms with E-state index >= 15 is 0 Å². The second-order valence-electron chi connectivity index (χ2n) is 9.76. The van der Waals surface area contributed by atoms with E-state index in [0.29, 0.717) is 54.5 Å². The quantitative estimate of drug-likeness (QED) is 0.367. The summed E-state index contributed by atoms with van der Waals surface area (Å²) in [6, 6.07) is 9.25. The Morgan fingerprint density at radius 3 is 2.62 bits per heavy atom. The van der Waals surface area contributed by atoms with Gasteiger partial charge in [-0.1, -0.05) is 24.2 Å². The highest BCUT2D eigenvalue weighted by molar-refractivity contribution is 6.34. The molecule has 39 heavy (non-hydrogen) atoms. The van der Waals surface area contributed by atoms with Gasteiger partial charge in [-0.25, -0.2) is 9.18 Å². The number of hydrogen-bond acceptors (Lipinski definition) is 6. The third-order valence-corrected chi connectivity index (χ3v) is 7.69. The average Bonchev–Trinajstić information content (AvgIpc) is 3.78. The van der Waals surface area contributed by atoms with E-state index in [1.807, 2.05) is 11.0 Å². The molecule has 2 aliphatic rings. The molecular weight excluding hydrogens is 521 g/mol. The smallest absolute Gasteiger partial charge is 0.354 e. The van der Waals surface area contributed by atoms with Crippen LogP contribution >= 0.6 is 11.6 Å². The van der Waals surface area contributed by atoms with Crippen molar-refractivity contribution in [2.24, 2.45) is 0 Å². The number of amides is 1. The predicted octanol–water partition coefficient (Wildman–Crippen LogP) is 4.66. The molecule has 0 atom stereocenters. The molecule has 1 N–H and O–H groups in total. The minimum absolute atomic E-state index is 0.0492. The van der Waals surface area contributed by atoms with Crippen molar-refractivity contribution in [1.29, 1.82) is 0 Å². The predicted molar refractivity (Wildman–Crippen MR) is 148 cm³/mol. The molecule has 1 aliphatic heterocycles. The van der Waals surface area contributed by atoms with Gasteiger partial charge in [-0.2, -0.15) is 4.98 Å². The molecule has 0 radical (unpaired) electrons. The molecular formula is C29H25ClFN5O3. The van der Waals surface area contributed by atoms with Gasteiger partial charge in [-0.3, -0.25) is 14.3 Å². The van der Waals surface area contributed by atoms with Crippen LogP contribution in [-0.2, 0) is 4.79 Å². The van der Waals surface area contributed by atoms with Crippen LogP contribution in [0.15, 0.2) is 66.2 Å². The Balaban J connectivity index is 1.59. The van der Waals surface area contributed by atoms with Crippen LogP contribution in [0.4, 0.5) is 10.2 Å². The zero-order chi connectivity index (χ0) is 27.3.